The molecule has 0 aromatic carbocycles. The quantitative estimate of drug-likeness (QED) is 0.695. The second-order valence-corrected chi connectivity index (χ2v) is 5.34. The summed E-state index contributed by atoms with van der Waals surface area (Å²) >= 11 is 0. The van der Waals surface area contributed by atoms with Crippen LogP contribution in [0.25, 0.3) is 0 Å². The van der Waals surface area contributed by atoms with Crippen molar-refractivity contribution in [2.45, 2.75) is 26.3 Å². The summed E-state index contributed by atoms with van der Waals surface area (Å²) in [6.07, 6.45) is 1.28. The van der Waals surface area contributed by atoms with Gasteiger partial charge < -0.3 is 4.90 Å². The van der Waals surface area contributed by atoms with Gasteiger partial charge in [-0.2, -0.15) is 4.39 Å². The SMILES string of the molecule is CC(C)(C)N1CCN(c2cc(F)ncn2)CC1. The Hall–Kier alpha value is -1.23. The molecule has 2 rings (SSSR count). The highest BCUT2D eigenvalue weighted by molar-refractivity contribution is 5.37. The van der Waals surface area contributed by atoms with Gasteiger partial charge in [-0.1, -0.05) is 0 Å². The summed E-state index contributed by atoms with van der Waals surface area (Å²) in [5.41, 5.74) is 0.197. The molecular weight excluding hydrogens is 219 g/mol. The third kappa shape index (κ3) is 2.91. The number of hydrogen-bond acceptors (Lipinski definition) is 4. The predicted octanol–water partition coefficient (Wildman–Crippen LogP) is 1.54. The van der Waals surface area contributed by atoms with Crippen LogP contribution in [0.2, 0.25) is 0 Å². The summed E-state index contributed by atoms with van der Waals surface area (Å²) < 4.78 is 13.0. The van der Waals surface area contributed by atoms with E-state index in [-0.39, 0.29) is 5.54 Å². The topological polar surface area (TPSA) is 32.3 Å². The molecule has 17 heavy (non-hydrogen) atoms. The summed E-state index contributed by atoms with van der Waals surface area (Å²) in [6.45, 7) is 10.4. The van der Waals surface area contributed by atoms with Crippen molar-refractivity contribution >= 4 is 5.82 Å². The van der Waals surface area contributed by atoms with Gasteiger partial charge in [0.25, 0.3) is 0 Å². The predicted molar refractivity (Wildman–Crippen MR) is 65.5 cm³/mol. The summed E-state index contributed by atoms with van der Waals surface area (Å²) in [6, 6.07) is 1.40. The second kappa shape index (κ2) is 4.56. The molecular formula is C12H19FN4. The Labute approximate surface area is 101 Å². The molecule has 1 aromatic heterocycles. The fraction of sp³-hybridized carbons (Fsp3) is 0.667. The third-order valence-electron chi connectivity index (χ3n) is 3.17. The molecule has 2 heterocycles. The molecule has 0 radical (unpaired) electrons. The van der Waals surface area contributed by atoms with E-state index in [1.165, 1.54) is 12.4 Å². The normalized spacial score (nSPS) is 18.5. The van der Waals surface area contributed by atoms with Gasteiger partial charge in [0.2, 0.25) is 5.95 Å². The minimum atomic E-state index is -0.465. The fourth-order valence-corrected chi connectivity index (χ4v) is 2.10. The first kappa shape index (κ1) is 12.2. The van der Waals surface area contributed by atoms with Crippen molar-refractivity contribution in [2.75, 3.05) is 31.1 Å². The van der Waals surface area contributed by atoms with Crippen LogP contribution in [0.15, 0.2) is 12.4 Å². The fourth-order valence-electron chi connectivity index (χ4n) is 2.10. The Morgan fingerprint density at radius 1 is 1.12 bits per heavy atom. The van der Waals surface area contributed by atoms with Crippen molar-refractivity contribution in [1.82, 2.24) is 14.9 Å². The average Bonchev–Trinajstić information content (AvgIpc) is 2.28. The number of nitrogens with zero attached hydrogens (tertiary/aromatic N) is 4. The highest BCUT2D eigenvalue weighted by Crippen LogP contribution is 2.19. The first-order valence-electron chi connectivity index (χ1n) is 5.94. The van der Waals surface area contributed by atoms with Gasteiger partial charge in [0.05, 0.1) is 0 Å². The molecule has 1 aliphatic rings. The largest absolute Gasteiger partial charge is 0.354 e. The standard InChI is InChI=1S/C12H19FN4/c1-12(2,3)17-6-4-16(5-7-17)11-8-10(13)14-9-15-11/h8-9H,4-7H2,1-3H3. The van der Waals surface area contributed by atoms with Crippen LogP contribution in [-0.2, 0) is 0 Å². The Morgan fingerprint density at radius 3 is 2.29 bits per heavy atom. The van der Waals surface area contributed by atoms with Crippen molar-refractivity contribution in [2.24, 2.45) is 0 Å². The van der Waals surface area contributed by atoms with Gasteiger partial charge in [-0.15, -0.1) is 0 Å². The Bertz CT molecular complexity index is 380. The summed E-state index contributed by atoms with van der Waals surface area (Å²) in [4.78, 5) is 12.1. The van der Waals surface area contributed by atoms with Gasteiger partial charge >= 0.3 is 0 Å². The first-order chi connectivity index (χ1) is 7.97. The number of piperazine rings is 1. The van der Waals surface area contributed by atoms with Gasteiger partial charge in [-0.05, 0) is 20.8 Å². The van der Waals surface area contributed by atoms with E-state index >= 15 is 0 Å². The molecule has 94 valence electrons. The van der Waals surface area contributed by atoms with Crippen LogP contribution in [-0.4, -0.2) is 46.6 Å². The average molecular weight is 238 g/mol. The van der Waals surface area contributed by atoms with Crippen molar-refractivity contribution in [1.29, 1.82) is 0 Å². The van der Waals surface area contributed by atoms with Gasteiger partial charge in [0.1, 0.15) is 12.1 Å². The molecule has 0 atom stereocenters. The van der Waals surface area contributed by atoms with Crippen LogP contribution in [0.3, 0.4) is 0 Å². The molecule has 0 saturated carbocycles. The maximum Gasteiger partial charge on any atom is 0.218 e. The number of halogens is 1. The highest BCUT2D eigenvalue weighted by Gasteiger charge is 2.26. The molecule has 1 aromatic rings. The lowest BCUT2D eigenvalue weighted by Gasteiger charge is -2.42. The van der Waals surface area contributed by atoms with Crippen LogP contribution in [0.5, 0.6) is 0 Å². The molecule has 1 aliphatic heterocycles. The molecule has 0 aliphatic carbocycles. The van der Waals surface area contributed by atoms with Gasteiger partial charge in [0.15, 0.2) is 0 Å². The van der Waals surface area contributed by atoms with E-state index in [1.807, 2.05) is 0 Å². The lowest BCUT2D eigenvalue weighted by atomic mass is 10.1. The molecule has 0 N–H and O–H groups in total. The van der Waals surface area contributed by atoms with E-state index in [0.717, 1.165) is 26.2 Å². The maximum atomic E-state index is 13.0. The molecule has 0 unspecified atom stereocenters. The van der Waals surface area contributed by atoms with E-state index in [9.17, 15) is 4.39 Å². The Balaban J connectivity index is 2.00. The van der Waals surface area contributed by atoms with E-state index in [4.69, 9.17) is 0 Å². The lowest BCUT2D eigenvalue weighted by molar-refractivity contribution is 0.128. The van der Waals surface area contributed by atoms with E-state index < -0.39 is 5.95 Å². The second-order valence-electron chi connectivity index (χ2n) is 5.34. The molecule has 0 bridgehead atoms. The van der Waals surface area contributed by atoms with Crippen molar-refractivity contribution in [3.63, 3.8) is 0 Å². The summed E-state index contributed by atoms with van der Waals surface area (Å²) in [7, 11) is 0. The monoisotopic (exact) mass is 238 g/mol. The molecule has 0 amide bonds. The van der Waals surface area contributed by atoms with Crippen LogP contribution < -0.4 is 4.90 Å². The Morgan fingerprint density at radius 2 is 1.76 bits per heavy atom. The van der Waals surface area contributed by atoms with Gasteiger partial charge in [-0.3, -0.25) is 4.90 Å². The molecule has 0 spiro atoms. The molecule has 5 heteroatoms. The zero-order valence-corrected chi connectivity index (χ0v) is 10.6. The zero-order chi connectivity index (χ0) is 12.5. The summed E-state index contributed by atoms with van der Waals surface area (Å²) in [5, 5.41) is 0. The number of hydrogen-bond donors (Lipinski definition) is 0. The minimum Gasteiger partial charge on any atom is -0.354 e. The lowest BCUT2D eigenvalue weighted by Crippen LogP contribution is -2.53. The van der Waals surface area contributed by atoms with Crippen molar-refractivity contribution in [3.05, 3.63) is 18.3 Å². The van der Waals surface area contributed by atoms with Crippen LogP contribution in [0.4, 0.5) is 10.2 Å². The molecule has 1 saturated heterocycles. The number of aromatic nitrogens is 2. The van der Waals surface area contributed by atoms with Crippen LogP contribution in [0, 0.1) is 5.95 Å². The van der Waals surface area contributed by atoms with Crippen molar-refractivity contribution < 1.29 is 4.39 Å². The van der Waals surface area contributed by atoms with Gasteiger partial charge in [0, 0.05) is 37.8 Å². The van der Waals surface area contributed by atoms with E-state index in [1.54, 1.807) is 0 Å². The molecule has 4 nitrogen and oxygen atoms in total. The van der Waals surface area contributed by atoms with E-state index in [2.05, 4.69) is 40.5 Å². The van der Waals surface area contributed by atoms with Crippen LogP contribution >= 0.6 is 0 Å². The Kier molecular flexibility index (Phi) is 3.28. The van der Waals surface area contributed by atoms with E-state index in [0.29, 0.717) is 5.82 Å². The maximum absolute atomic E-state index is 13.0. The summed E-state index contributed by atoms with van der Waals surface area (Å²) in [5.74, 6) is 0.222. The molecule has 1 fully saturated rings. The smallest absolute Gasteiger partial charge is 0.218 e. The third-order valence-corrected chi connectivity index (χ3v) is 3.17. The van der Waals surface area contributed by atoms with Crippen LogP contribution in [0.1, 0.15) is 20.8 Å². The van der Waals surface area contributed by atoms with Crippen molar-refractivity contribution in [3.8, 4) is 0 Å². The number of rotatable bonds is 1. The zero-order valence-electron chi connectivity index (χ0n) is 10.6. The van der Waals surface area contributed by atoms with Gasteiger partial charge in [-0.25, -0.2) is 9.97 Å². The first-order valence-corrected chi connectivity index (χ1v) is 5.94. The highest BCUT2D eigenvalue weighted by atomic mass is 19.1. The number of anilines is 1. The minimum absolute atomic E-state index is 0.197.